The molecule has 1 amide bonds. The first-order valence-electron chi connectivity index (χ1n) is 8.35. The molecule has 0 saturated carbocycles. The third-order valence-electron chi connectivity index (χ3n) is 4.05. The Balaban J connectivity index is 1.50. The predicted octanol–water partition coefficient (Wildman–Crippen LogP) is 2.72. The Morgan fingerprint density at radius 2 is 2.04 bits per heavy atom. The fraction of sp³-hybridized carbons (Fsp3) is 0.444. The molecule has 5 nitrogen and oxygen atoms in total. The fourth-order valence-corrected chi connectivity index (χ4v) is 3.48. The molecule has 1 aromatic heterocycles. The van der Waals surface area contributed by atoms with E-state index < -0.39 is 0 Å². The number of carbonyl (C=O) groups excluding carboxylic acids is 1. The maximum Gasteiger partial charge on any atom is 0.230 e. The highest BCUT2D eigenvalue weighted by atomic mass is 32.1. The van der Waals surface area contributed by atoms with Crippen molar-refractivity contribution in [3.63, 3.8) is 0 Å². The van der Waals surface area contributed by atoms with Crippen LogP contribution in [0.25, 0.3) is 0 Å². The van der Waals surface area contributed by atoms with Crippen molar-refractivity contribution in [2.24, 2.45) is 0 Å². The van der Waals surface area contributed by atoms with Gasteiger partial charge in [0.1, 0.15) is 5.01 Å². The number of aryl methyl sites for hydroxylation is 1. The second-order valence-corrected chi connectivity index (χ2v) is 6.84. The normalized spacial score (nSPS) is 15.4. The Labute approximate surface area is 146 Å². The number of hydrogen-bond donors (Lipinski definition) is 1. The van der Waals surface area contributed by atoms with E-state index in [2.05, 4.69) is 22.1 Å². The molecule has 2 heterocycles. The minimum Gasteiger partial charge on any atom is -0.379 e. The summed E-state index contributed by atoms with van der Waals surface area (Å²) in [5.74, 6) is -0.0255. The van der Waals surface area contributed by atoms with Crippen molar-refractivity contribution in [3.8, 4) is 0 Å². The Kier molecular flexibility index (Phi) is 5.96. The minimum absolute atomic E-state index is 0.0255. The number of ether oxygens (including phenoxy) is 1. The molecule has 2 aromatic rings. The number of benzene rings is 1. The summed E-state index contributed by atoms with van der Waals surface area (Å²) in [7, 11) is 0. The molecule has 6 heteroatoms. The zero-order chi connectivity index (χ0) is 16.8. The number of carbonyl (C=O) groups is 1. The highest BCUT2D eigenvalue weighted by molar-refractivity contribution is 7.09. The maximum atomic E-state index is 12.2. The average molecular weight is 345 g/mol. The molecule has 1 aliphatic rings. The summed E-state index contributed by atoms with van der Waals surface area (Å²) in [5, 5.41) is 5.97. The van der Waals surface area contributed by atoms with E-state index in [1.165, 1.54) is 5.56 Å². The first kappa shape index (κ1) is 17.1. The third kappa shape index (κ3) is 4.87. The van der Waals surface area contributed by atoms with Gasteiger partial charge in [0, 0.05) is 24.2 Å². The molecule has 0 bridgehead atoms. The first-order chi connectivity index (χ1) is 11.7. The van der Waals surface area contributed by atoms with E-state index in [9.17, 15) is 4.79 Å². The summed E-state index contributed by atoms with van der Waals surface area (Å²) in [6.07, 6.45) is 1.31. The topological polar surface area (TPSA) is 54.5 Å². The van der Waals surface area contributed by atoms with Gasteiger partial charge >= 0.3 is 0 Å². The SMILES string of the molecule is CCc1ccc(NC(=O)Cc2csc(CN3CCOCC3)n2)cc1. The van der Waals surface area contributed by atoms with Crippen LogP contribution in [0.1, 0.15) is 23.2 Å². The number of amides is 1. The van der Waals surface area contributed by atoms with E-state index in [4.69, 9.17) is 4.74 Å². The molecule has 3 rings (SSSR count). The Hall–Kier alpha value is -1.76. The van der Waals surface area contributed by atoms with E-state index in [0.29, 0.717) is 6.42 Å². The first-order valence-corrected chi connectivity index (χ1v) is 9.23. The van der Waals surface area contributed by atoms with Crippen LogP contribution in [0.5, 0.6) is 0 Å². The van der Waals surface area contributed by atoms with Gasteiger partial charge in [-0.2, -0.15) is 0 Å². The van der Waals surface area contributed by atoms with Crippen molar-refractivity contribution in [3.05, 3.63) is 45.9 Å². The summed E-state index contributed by atoms with van der Waals surface area (Å²) in [6.45, 7) is 6.43. The quantitative estimate of drug-likeness (QED) is 0.875. The second-order valence-electron chi connectivity index (χ2n) is 5.90. The standard InChI is InChI=1S/C18H23N3O2S/c1-2-14-3-5-15(6-4-14)19-17(22)11-16-13-24-18(20-16)12-21-7-9-23-10-8-21/h3-6,13H,2,7-12H2,1H3,(H,19,22). The molecule has 1 aromatic carbocycles. The van der Waals surface area contributed by atoms with E-state index >= 15 is 0 Å². The Bertz CT molecular complexity index is 663. The van der Waals surface area contributed by atoms with Crippen LogP contribution in [0.15, 0.2) is 29.6 Å². The predicted molar refractivity (Wildman–Crippen MR) is 96.4 cm³/mol. The van der Waals surface area contributed by atoms with Crippen molar-refractivity contribution < 1.29 is 9.53 Å². The third-order valence-corrected chi connectivity index (χ3v) is 4.93. The molecule has 0 unspecified atom stereocenters. The summed E-state index contributed by atoms with van der Waals surface area (Å²) in [4.78, 5) is 19.1. The fourth-order valence-electron chi connectivity index (χ4n) is 2.65. The van der Waals surface area contributed by atoms with Gasteiger partial charge in [-0.3, -0.25) is 9.69 Å². The van der Waals surface area contributed by atoms with Gasteiger partial charge in [-0.05, 0) is 24.1 Å². The smallest absolute Gasteiger partial charge is 0.230 e. The van der Waals surface area contributed by atoms with Crippen LogP contribution >= 0.6 is 11.3 Å². The van der Waals surface area contributed by atoms with Crippen molar-refractivity contribution in [2.75, 3.05) is 31.6 Å². The van der Waals surface area contributed by atoms with Gasteiger partial charge in [0.05, 0.1) is 31.9 Å². The summed E-state index contributed by atoms with van der Waals surface area (Å²) in [5.41, 5.74) is 2.94. The van der Waals surface area contributed by atoms with Crippen LogP contribution in [0.2, 0.25) is 0 Å². The zero-order valence-electron chi connectivity index (χ0n) is 14.0. The van der Waals surface area contributed by atoms with Crippen LogP contribution in [-0.2, 0) is 28.9 Å². The molecule has 24 heavy (non-hydrogen) atoms. The van der Waals surface area contributed by atoms with Crippen molar-refractivity contribution in [1.82, 2.24) is 9.88 Å². The van der Waals surface area contributed by atoms with Gasteiger partial charge in [-0.25, -0.2) is 4.98 Å². The van der Waals surface area contributed by atoms with Crippen molar-refractivity contribution in [1.29, 1.82) is 0 Å². The van der Waals surface area contributed by atoms with Gasteiger partial charge in [-0.1, -0.05) is 19.1 Å². The summed E-state index contributed by atoms with van der Waals surface area (Å²) < 4.78 is 5.35. The molecule has 0 spiro atoms. The molecule has 0 aliphatic carbocycles. The monoisotopic (exact) mass is 345 g/mol. The lowest BCUT2D eigenvalue weighted by atomic mass is 10.1. The lowest BCUT2D eigenvalue weighted by Crippen LogP contribution is -2.35. The van der Waals surface area contributed by atoms with Gasteiger partial charge < -0.3 is 10.1 Å². The molecule has 1 saturated heterocycles. The number of nitrogens with one attached hydrogen (secondary N) is 1. The molecule has 0 atom stereocenters. The van der Waals surface area contributed by atoms with Crippen LogP contribution in [-0.4, -0.2) is 42.1 Å². The lowest BCUT2D eigenvalue weighted by Gasteiger charge is -2.25. The minimum atomic E-state index is -0.0255. The number of hydrogen-bond acceptors (Lipinski definition) is 5. The number of rotatable bonds is 6. The Morgan fingerprint density at radius 1 is 1.29 bits per heavy atom. The van der Waals surface area contributed by atoms with Crippen LogP contribution < -0.4 is 5.32 Å². The number of thiazole rings is 1. The second kappa shape index (κ2) is 8.37. The highest BCUT2D eigenvalue weighted by Crippen LogP contribution is 2.15. The molecule has 1 fully saturated rings. The molecular weight excluding hydrogens is 322 g/mol. The molecule has 128 valence electrons. The lowest BCUT2D eigenvalue weighted by molar-refractivity contribution is -0.115. The number of anilines is 1. The van der Waals surface area contributed by atoms with Gasteiger partial charge in [0.2, 0.25) is 5.91 Å². The number of aromatic nitrogens is 1. The largest absolute Gasteiger partial charge is 0.379 e. The van der Waals surface area contributed by atoms with Crippen molar-refractivity contribution in [2.45, 2.75) is 26.3 Å². The molecule has 1 aliphatic heterocycles. The zero-order valence-corrected chi connectivity index (χ0v) is 14.8. The van der Waals surface area contributed by atoms with E-state index in [1.54, 1.807) is 11.3 Å². The Morgan fingerprint density at radius 3 is 2.75 bits per heavy atom. The van der Waals surface area contributed by atoms with E-state index in [0.717, 1.165) is 55.7 Å². The highest BCUT2D eigenvalue weighted by Gasteiger charge is 2.14. The molecule has 1 N–H and O–H groups in total. The average Bonchev–Trinajstić information content (AvgIpc) is 3.03. The van der Waals surface area contributed by atoms with Crippen LogP contribution in [0.4, 0.5) is 5.69 Å². The number of morpholine rings is 1. The van der Waals surface area contributed by atoms with Gasteiger partial charge in [0.15, 0.2) is 0 Å². The van der Waals surface area contributed by atoms with E-state index in [-0.39, 0.29) is 5.91 Å². The van der Waals surface area contributed by atoms with Crippen LogP contribution in [0.3, 0.4) is 0 Å². The number of nitrogens with zero attached hydrogens (tertiary/aromatic N) is 2. The summed E-state index contributed by atoms with van der Waals surface area (Å²) in [6, 6.07) is 7.97. The van der Waals surface area contributed by atoms with E-state index in [1.807, 2.05) is 29.6 Å². The maximum absolute atomic E-state index is 12.2. The van der Waals surface area contributed by atoms with Gasteiger partial charge in [-0.15, -0.1) is 11.3 Å². The molecule has 0 radical (unpaired) electrons. The van der Waals surface area contributed by atoms with Gasteiger partial charge in [0.25, 0.3) is 0 Å². The summed E-state index contributed by atoms with van der Waals surface area (Å²) >= 11 is 1.62. The van der Waals surface area contributed by atoms with Crippen molar-refractivity contribution >= 4 is 22.9 Å². The molecular formula is C18H23N3O2S. The van der Waals surface area contributed by atoms with Crippen LogP contribution in [0, 0.1) is 0 Å².